The molecule has 0 aliphatic rings. The zero-order valence-corrected chi connectivity index (χ0v) is 17.3. The number of nitrogens with zero attached hydrogens (tertiary/aromatic N) is 2. The maximum Gasteiger partial charge on any atom is 0.316 e. The Morgan fingerprint density at radius 3 is 2.66 bits per heavy atom. The van der Waals surface area contributed by atoms with Crippen molar-refractivity contribution in [1.82, 2.24) is 10.2 Å². The van der Waals surface area contributed by atoms with E-state index in [1.54, 1.807) is 24.3 Å². The summed E-state index contributed by atoms with van der Waals surface area (Å²) in [7, 11) is 0. The van der Waals surface area contributed by atoms with Crippen LogP contribution in [0.2, 0.25) is 5.02 Å². The Hall–Kier alpha value is -2.84. The number of ether oxygens (including phenoxy) is 1. The summed E-state index contributed by atoms with van der Waals surface area (Å²) in [4.78, 5) is 23.9. The van der Waals surface area contributed by atoms with Crippen LogP contribution in [0.1, 0.15) is 11.1 Å². The van der Waals surface area contributed by atoms with Crippen molar-refractivity contribution in [3.8, 4) is 11.5 Å². The summed E-state index contributed by atoms with van der Waals surface area (Å²) in [5.74, 6) is -0.693. The highest BCUT2D eigenvalue weighted by Gasteiger charge is 2.13. The minimum atomic E-state index is -0.558. The number of carbonyl (C=O) groups is 2. The fourth-order valence-electron chi connectivity index (χ4n) is 2.34. The Morgan fingerprint density at radius 1 is 1.14 bits per heavy atom. The normalized spacial score (nSPS) is 10.6. The molecule has 0 saturated carbocycles. The second-order valence-electron chi connectivity index (χ2n) is 6.20. The van der Waals surface area contributed by atoms with Gasteiger partial charge in [0.25, 0.3) is 11.1 Å². The van der Waals surface area contributed by atoms with E-state index in [9.17, 15) is 9.59 Å². The van der Waals surface area contributed by atoms with Crippen molar-refractivity contribution in [2.75, 3.05) is 17.7 Å². The van der Waals surface area contributed by atoms with Crippen LogP contribution in [-0.2, 0) is 14.3 Å². The van der Waals surface area contributed by atoms with E-state index in [-0.39, 0.29) is 17.6 Å². The maximum absolute atomic E-state index is 12.0. The number of thioether (sulfide) groups is 1. The molecule has 1 amide bonds. The molecule has 0 aliphatic carbocycles. The van der Waals surface area contributed by atoms with Crippen LogP contribution >= 0.6 is 23.4 Å². The van der Waals surface area contributed by atoms with Gasteiger partial charge in [-0.3, -0.25) is 9.59 Å². The molecule has 150 valence electrons. The standard InChI is InChI=1S/C20H18ClN3O4S/c1-12-3-4-13(2)16(9-12)22-17(25)10-27-18(26)11-29-20-24-23-19(28-20)14-5-7-15(21)8-6-14/h3-9H,10-11H2,1-2H3,(H,22,25). The predicted molar refractivity (Wildman–Crippen MR) is 111 cm³/mol. The van der Waals surface area contributed by atoms with Gasteiger partial charge in [0.2, 0.25) is 5.89 Å². The highest BCUT2D eigenvalue weighted by atomic mass is 35.5. The lowest BCUT2D eigenvalue weighted by atomic mass is 10.1. The molecule has 0 spiro atoms. The number of aryl methyl sites for hydroxylation is 2. The molecule has 0 radical (unpaired) electrons. The third kappa shape index (κ3) is 6.07. The monoisotopic (exact) mass is 431 g/mol. The van der Waals surface area contributed by atoms with Crippen molar-refractivity contribution >= 4 is 40.9 Å². The maximum atomic E-state index is 12.0. The number of hydrogen-bond acceptors (Lipinski definition) is 7. The lowest BCUT2D eigenvalue weighted by molar-refractivity contribution is -0.144. The molecule has 3 aromatic rings. The fraction of sp³-hybridized carbons (Fsp3) is 0.200. The third-order valence-corrected chi connectivity index (χ3v) is 4.89. The van der Waals surface area contributed by atoms with Crippen LogP contribution in [0.5, 0.6) is 0 Å². The molecule has 0 aliphatic heterocycles. The Bertz CT molecular complexity index is 1020. The van der Waals surface area contributed by atoms with E-state index in [1.165, 1.54) is 0 Å². The molecule has 0 fully saturated rings. The summed E-state index contributed by atoms with van der Waals surface area (Å²) in [5, 5.41) is 11.4. The number of hydrogen-bond donors (Lipinski definition) is 1. The number of aromatic nitrogens is 2. The van der Waals surface area contributed by atoms with Crippen LogP contribution in [0, 0.1) is 13.8 Å². The van der Waals surface area contributed by atoms with E-state index in [1.807, 2.05) is 32.0 Å². The molecule has 2 aromatic carbocycles. The first-order valence-corrected chi connectivity index (χ1v) is 10.0. The third-order valence-electron chi connectivity index (χ3n) is 3.84. The van der Waals surface area contributed by atoms with E-state index >= 15 is 0 Å². The summed E-state index contributed by atoms with van der Waals surface area (Å²) >= 11 is 6.88. The van der Waals surface area contributed by atoms with Gasteiger partial charge in [-0.05, 0) is 55.3 Å². The van der Waals surface area contributed by atoms with Crippen LogP contribution in [0.15, 0.2) is 52.1 Å². The van der Waals surface area contributed by atoms with Gasteiger partial charge >= 0.3 is 5.97 Å². The summed E-state index contributed by atoms with van der Waals surface area (Å²) in [6.07, 6.45) is 0. The lowest BCUT2D eigenvalue weighted by Gasteiger charge is -2.09. The van der Waals surface area contributed by atoms with Gasteiger partial charge in [0.05, 0.1) is 0 Å². The number of anilines is 1. The van der Waals surface area contributed by atoms with Crippen molar-refractivity contribution in [1.29, 1.82) is 0 Å². The minimum absolute atomic E-state index is 0.0565. The molecule has 9 heteroatoms. The molecule has 7 nitrogen and oxygen atoms in total. The molecule has 29 heavy (non-hydrogen) atoms. The zero-order chi connectivity index (χ0) is 20.8. The predicted octanol–water partition coefficient (Wildman–Crippen LogP) is 4.28. The number of rotatable bonds is 7. The van der Waals surface area contributed by atoms with Crippen LogP contribution in [0.3, 0.4) is 0 Å². The number of nitrogens with one attached hydrogen (secondary N) is 1. The minimum Gasteiger partial charge on any atom is -0.455 e. The molecule has 1 N–H and O–H groups in total. The van der Waals surface area contributed by atoms with Gasteiger partial charge in [0.15, 0.2) is 6.61 Å². The van der Waals surface area contributed by atoms with Gasteiger partial charge in [-0.25, -0.2) is 0 Å². The highest BCUT2D eigenvalue weighted by Crippen LogP contribution is 2.24. The van der Waals surface area contributed by atoms with Crippen LogP contribution in [-0.4, -0.2) is 34.4 Å². The van der Waals surface area contributed by atoms with Crippen LogP contribution < -0.4 is 5.32 Å². The van der Waals surface area contributed by atoms with Gasteiger partial charge in [0, 0.05) is 16.3 Å². The number of esters is 1. The van der Waals surface area contributed by atoms with Gasteiger partial charge in [-0.1, -0.05) is 35.5 Å². The second-order valence-corrected chi connectivity index (χ2v) is 7.56. The average molecular weight is 432 g/mol. The van der Waals surface area contributed by atoms with Crippen molar-refractivity contribution in [2.45, 2.75) is 19.1 Å². The molecular formula is C20H18ClN3O4S. The molecular weight excluding hydrogens is 414 g/mol. The molecule has 0 saturated heterocycles. The Morgan fingerprint density at radius 2 is 1.90 bits per heavy atom. The smallest absolute Gasteiger partial charge is 0.316 e. The first kappa shape index (κ1) is 20.9. The van der Waals surface area contributed by atoms with Gasteiger partial charge in [-0.15, -0.1) is 10.2 Å². The quantitative estimate of drug-likeness (QED) is 0.440. The molecule has 3 rings (SSSR count). The molecule has 1 aromatic heterocycles. The van der Waals surface area contributed by atoms with Gasteiger partial charge in [-0.2, -0.15) is 0 Å². The summed E-state index contributed by atoms with van der Waals surface area (Å²) < 4.78 is 10.5. The summed E-state index contributed by atoms with van der Waals surface area (Å²) in [6.45, 7) is 3.45. The average Bonchev–Trinajstić information content (AvgIpc) is 3.17. The first-order valence-electron chi connectivity index (χ1n) is 8.65. The van der Waals surface area contributed by atoms with E-state index in [0.717, 1.165) is 28.5 Å². The van der Waals surface area contributed by atoms with Crippen molar-refractivity contribution in [3.05, 3.63) is 58.6 Å². The van der Waals surface area contributed by atoms with Crippen LogP contribution in [0.25, 0.3) is 11.5 Å². The topological polar surface area (TPSA) is 94.3 Å². The van der Waals surface area contributed by atoms with Gasteiger partial charge < -0.3 is 14.5 Å². The van der Waals surface area contributed by atoms with E-state index in [0.29, 0.717) is 16.6 Å². The number of benzene rings is 2. The summed E-state index contributed by atoms with van der Waals surface area (Å²) in [5.41, 5.74) is 3.37. The van der Waals surface area contributed by atoms with Gasteiger partial charge in [0.1, 0.15) is 5.75 Å². The highest BCUT2D eigenvalue weighted by molar-refractivity contribution is 7.99. The number of carbonyl (C=O) groups excluding carboxylic acids is 2. The molecule has 0 unspecified atom stereocenters. The zero-order valence-electron chi connectivity index (χ0n) is 15.8. The summed E-state index contributed by atoms with van der Waals surface area (Å²) in [6, 6.07) is 12.7. The van der Waals surface area contributed by atoms with E-state index in [4.69, 9.17) is 20.8 Å². The van der Waals surface area contributed by atoms with Crippen molar-refractivity contribution < 1.29 is 18.7 Å². The molecule has 0 atom stereocenters. The number of amides is 1. The largest absolute Gasteiger partial charge is 0.455 e. The van der Waals surface area contributed by atoms with Crippen molar-refractivity contribution in [2.24, 2.45) is 0 Å². The Kier molecular flexibility index (Phi) is 6.90. The second kappa shape index (κ2) is 9.58. The first-order chi connectivity index (χ1) is 13.9. The SMILES string of the molecule is Cc1ccc(C)c(NC(=O)COC(=O)CSc2nnc(-c3ccc(Cl)cc3)o2)c1. The van der Waals surface area contributed by atoms with E-state index < -0.39 is 11.9 Å². The van der Waals surface area contributed by atoms with E-state index in [2.05, 4.69) is 15.5 Å². The number of halogens is 1. The van der Waals surface area contributed by atoms with Crippen molar-refractivity contribution in [3.63, 3.8) is 0 Å². The lowest BCUT2D eigenvalue weighted by Crippen LogP contribution is -2.22. The molecule has 0 bridgehead atoms. The van der Waals surface area contributed by atoms with Crippen LogP contribution in [0.4, 0.5) is 5.69 Å². The fourth-order valence-corrected chi connectivity index (χ4v) is 3.03. The molecule has 1 heterocycles. The Balaban J connectivity index is 1.45. The Labute approximate surface area is 176 Å².